The van der Waals surface area contributed by atoms with Gasteiger partial charge in [0.1, 0.15) is 11.9 Å². The molecule has 5 heteroatoms. The Morgan fingerprint density at radius 3 is 2.71 bits per heavy atom. The first-order chi connectivity index (χ1) is 8.16. The molecular formula is C12H16N2O3. The van der Waals surface area contributed by atoms with Crippen molar-refractivity contribution in [1.82, 2.24) is 5.32 Å². The van der Waals surface area contributed by atoms with Gasteiger partial charge >= 0.3 is 0 Å². The highest BCUT2D eigenvalue weighted by atomic mass is 16.6. The SMILES string of the molecule is Cc1cc(OC2CCNCC2)ccc1[N+](=O)[O-]. The van der Waals surface area contributed by atoms with Crippen LogP contribution in [0.15, 0.2) is 18.2 Å². The van der Waals surface area contributed by atoms with Gasteiger partial charge in [-0.3, -0.25) is 10.1 Å². The monoisotopic (exact) mass is 236 g/mol. The van der Waals surface area contributed by atoms with Crippen molar-refractivity contribution in [2.45, 2.75) is 25.9 Å². The van der Waals surface area contributed by atoms with Crippen molar-refractivity contribution in [3.05, 3.63) is 33.9 Å². The summed E-state index contributed by atoms with van der Waals surface area (Å²) in [6.07, 6.45) is 2.18. The van der Waals surface area contributed by atoms with Crippen LogP contribution in [0.5, 0.6) is 5.75 Å². The molecule has 1 fully saturated rings. The zero-order valence-electron chi connectivity index (χ0n) is 9.81. The van der Waals surface area contributed by atoms with Gasteiger partial charge in [0.2, 0.25) is 0 Å². The third kappa shape index (κ3) is 2.94. The van der Waals surface area contributed by atoms with E-state index in [4.69, 9.17) is 4.74 Å². The second kappa shape index (κ2) is 5.14. The second-order valence-electron chi connectivity index (χ2n) is 4.27. The number of ether oxygens (including phenoxy) is 1. The van der Waals surface area contributed by atoms with Gasteiger partial charge in [-0.15, -0.1) is 0 Å². The van der Waals surface area contributed by atoms with Gasteiger partial charge in [-0.05, 0) is 45.0 Å². The van der Waals surface area contributed by atoms with E-state index in [-0.39, 0.29) is 16.7 Å². The molecule has 1 aromatic rings. The van der Waals surface area contributed by atoms with Gasteiger partial charge in [0.15, 0.2) is 0 Å². The molecular weight excluding hydrogens is 220 g/mol. The molecule has 0 aromatic heterocycles. The average Bonchev–Trinajstić information content (AvgIpc) is 2.30. The summed E-state index contributed by atoms with van der Waals surface area (Å²) in [5, 5.41) is 13.9. The standard InChI is InChI=1S/C12H16N2O3/c1-9-8-11(2-3-12(9)14(15)16)17-10-4-6-13-7-5-10/h2-3,8,10,13H,4-7H2,1H3. The zero-order valence-corrected chi connectivity index (χ0v) is 9.81. The smallest absolute Gasteiger partial charge is 0.272 e. The Morgan fingerprint density at radius 1 is 1.41 bits per heavy atom. The van der Waals surface area contributed by atoms with Crippen molar-refractivity contribution in [2.24, 2.45) is 0 Å². The van der Waals surface area contributed by atoms with E-state index in [0.29, 0.717) is 5.56 Å². The van der Waals surface area contributed by atoms with E-state index >= 15 is 0 Å². The molecule has 17 heavy (non-hydrogen) atoms. The van der Waals surface area contributed by atoms with Crippen molar-refractivity contribution < 1.29 is 9.66 Å². The predicted octanol–water partition coefficient (Wildman–Crippen LogP) is 2.03. The Bertz CT molecular complexity index is 414. The van der Waals surface area contributed by atoms with Crippen LogP contribution in [0.25, 0.3) is 0 Å². The first-order valence-corrected chi connectivity index (χ1v) is 5.79. The topological polar surface area (TPSA) is 64.4 Å². The summed E-state index contributed by atoms with van der Waals surface area (Å²) in [5.41, 5.74) is 0.782. The number of nitrogens with zero attached hydrogens (tertiary/aromatic N) is 1. The van der Waals surface area contributed by atoms with Gasteiger partial charge in [0, 0.05) is 11.6 Å². The van der Waals surface area contributed by atoms with Gasteiger partial charge < -0.3 is 10.1 Å². The molecule has 0 bridgehead atoms. The Labute approximate surface area is 99.9 Å². The number of hydrogen-bond acceptors (Lipinski definition) is 4. The Kier molecular flexibility index (Phi) is 3.58. The minimum absolute atomic E-state index is 0.141. The molecule has 0 atom stereocenters. The van der Waals surface area contributed by atoms with E-state index < -0.39 is 0 Å². The highest BCUT2D eigenvalue weighted by molar-refractivity contribution is 5.44. The summed E-state index contributed by atoms with van der Waals surface area (Å²) in [7, 11) is 0. The molecule has 0 saturated carbocycles. The summed E-state index contributed by atoms with van der Waals surface area (Å²) in [6, 6.07) is 4.92. The summed E-state index contributed by atoms with van der Waals surface area (Å²) in [6.45, 7) is 3.67. The summed E-state index contributed by atoms with van der Waals surface area (Å²) in [5.74, 6) is 0.722. The maximum atomic E-state index is 10.7. The normalized spacial score (nSPS) is 16.8. The maximum Gasteiger partial charge on any atom is 0.272 e. The van der Waals surface area contributed by atoms with Crippen LogP contribution < -0.4 is 10.1 Å². The maximum absolute atomic E-state index is 10.7. The van der Waals surface area contributed by atoms with Crippen LogP contribution in [-0.4, -0.2) is 24.1 Å². The third-order valence-corrected chi connectivity index (χ3v) is 2.95. The number of rotatable bonds is 3. The summed E-state index contributed by atoms with van der Waals surface area (Å²) in [4.78, 5) is 10.3. The molecule has 1 heterocycles. The minimum Gasteiger partial charge on any atom is -0.490 e. The fourth-order valence-electron chi connectivity index (χ4n) is 2.01. The quantitative estimate of drug-likeness (QED) is 0.644. The minimum atomic E-state index is -0.371. The molecule has 1 aliphatic rings. The Morgan fingerprint density at radius 2 is 2.12 bits per heavy atom. The van der Waals surface area contributed by atoms with Crippen molar-refractivity contribution in [3.8, 4) is 5.75 Å². The van der Waals surface area contributed by atoms with Crippen LogP contribution in [0.3, 0.4) is 0 Å². The van der Waals surface area contributed by atoms with Crippen molar-refractivity contribution in [2.75, 3.05) is 13.1 Å². The molecule has 0 spiro atoms. The number of benzene rings is 1. The molecule has 0 radical (unpaired) electrons. The van der Waals surface area contributed by atoms with E-state index in [9.17, 15) is 10.1 Å². The van der Waals surface area contributed by atoms with Crippen molar-refractivity contribution >= 4 is 5.69 Å². The van der Waals surface area contributed by atoms with Gasteiger partial charge in [-0.1, -0.05) is 0 Å². The lowest BCUT2D eigenvalue weighted by atomic mass is 10.1. The number of nitrogens with one attached hydrogen (secondary N) is 1. The van der Waals surface area contributed by atoms with E-state index in [0.717, 1.165) is 31.7 Å². The molecule has 92 valence electrons. The van der Waals surface area contributed by atoms with E-state index in [1.165, 1.54) is 6.07 Å². The Balaban J connectivity index is 2.06. The third-order valence-electron chi connectivity index (χ3n) is 2.95. The van der Waals surface area contributed by atoms with E-state index in [1.807, 2.05) is 0 Å². The highest BCUT2D eigenvalue weighted by Crippen LogP contribution is 2.24. The second-order valence-corrected chi connectivity index (χ2v) is 4.27. The van der Waals surface area contributed by atoms with Crippen LogP contribution in [0.2, 0.25) is 0 Å². The Hall–Kier alpha value is -1.62. The van der Waals surface area contributed by atoms with Gasteiger partial charge in [-0.2, -0.15) is 0 Å². The van der Waals surface area contributed by atoms with Crippen LogP contribution in [0.4, 0.5) is 5.69 Å². The number of hydrogen-bond donors (Lipinski definition) is 1. The molecule has 0 amide bonds. The molecule has 1 N–H and O–H groups in total. The number of nitro benzene ring substituents is 1. The van der Waals surface area contributed by atoms with Gasteiger partial charge in [0.25, 0.3) is 5.69 Å². The van der Waals surface area contributed by atoms with Gasteiger partial charge in [-0.25, -0.2) is 0 Å². The molecule has 0 unspecified atom stereocenters. The molecule has 0 aliphatic carbocycles. The molecule has 1 aliphatic heterocycles. The first kappa shape index (κ1) is 11.9. The van der Waals surface area contributed by atoms with E-state index in [2.05, 4.69) is 5.32 Å². The summed E-state index contributed by atoms with van der Waals surface area (Å²) >= 11 is 0. The lowest BCUT2D eigenvalue weighted by Gasteiger charge is -2.23. The van der Waals surface area contributed by atoms with Gasteiger partial charge in [0.05, 0.1) is 4.92 Å². The lowest BCUT2D eigenvalue weighted by molar-refractivity contribution is -0.385. The average molecular weight is 236 g/mol. The highest BCUT2D eigenvalue weighted by Gasteiger charge is 2.16. The van der Waals surface area contributed by atoms with Crippen molar-refractivity contribution in [1.29, 1.82) is 0 Å². The number of aryl methyl sites for hydroxylation is 1. The number of nitro groups is 1. The first-order valence-electron chi connectivity index (χ1n) is 5.79. The van der Waals surface area contributed by atoms with Crippen LogP contribution in [-0.2, 0) is 0 Å². The van der Waals surface area contributed by atoms with Crippen LogP contribution >= 0.6 is 0 Å². The van der Waals surface area contributed by atoms with Crippen LogP contribution in [0, 0.1) is 17.0 Å². The summed E-state index contributed by atoms with van der Waals surface area (Å²) < 4.78 is 5.81. The fourth-order valence-corrected chi connectivity index (χ4v) is 2.01. The fraction of sp³-hybridized carbons (Fsp3) is 0.500. The molecule has 1 saturated heterocycles. The molecule has 2 rings (SSSR count). The molecule has 1 aromatic carbocycles. The zero-order chi connectivity index (χ0) is 12.3. The van der Waals surface area contributed by atoms with E-state index in [1.54, 1.807) is 19.1 Å². The molecule has 5 nitrogen and oxygen atoms in total. The van der Waals surface area contributed by atoms with Crippen molar-refractivity contribution in [3.63, 3.8) is 0 Å². The van der Waals surface area contributed by atoms with Crippen LogP contribution in [0.1, 0.15) is 18.4 Å². The number of piperidine rings is 1. The largest absolute Gasteiger partial charge is 0.490 e. The lowest BCUT2D eigenvalue weighted by Crippen LogP contribution is -2.34. The predicted molar refractivity (Wildman–Crippen MR) is 64.4 cm³/mol.